The number of carbonyl (C=O) groups excluding carboxylic acids is 1. The predicted molar refractivity (Wildman–Crippen MR) is 43.2 cm³/mol. The molecule has 0 aromatic rings. The van der Waals surface area contributed by atoms with Gasteiger partial charge in [0.1, 0.15) is 0 Å². The van der Waals surface area contributed by atoms with Gasteiger partial charge in [0, 0.05) is 48.9 Å². The monoisotopic (exact) mass is 240 g/mol. The minimum absolute atomic E-state index is 0.175. The highest BCUT2D eigenvalue weighted by atomic mass is 127. The van der Waals surface area contributed by atoms with E-state index in [1.807, 2.05) is 0 Å². The van der Waals surface area contributed by atoms with Crippen molar-refractivity contribution in [2.75, 3.05) is 19.6 Å². The van der Waals surface area contributed by atoms with E-state index < -0.39 is 0 Å². The molecular formula is C5H9IN2O. The molecule has 0 radical (unpaired) electrons. The van der Waals surface area contributed by atoms with Crippen LogP contribution in [0.15, 0.2) is 0 Å². The normalized spacial score (nSPS) is 23.0. The molecule has 0 bridgehead atoms. The van der Waals surface area contributed by atoms with Gasteiger partial charge in [0.15, 0.2) is 0 Å². The smallest absolute Gasteiger partial charge is 0.221 e. The van der Waals surface area contributed by atoms with E-state index in [1.54, 1.807) is 0 Å². The fourth-order valence-corrected chi connectivity index (χ4v) is 1.22. The zero-order valence-corrected chi connectivity index (χ0v) is 7.22. The quantitative estimate of drug-likeness (QED) is 0.483. The topological polar surface area (TPSA) is 32.3 Å². The highest BCUT2D eigenvalue weighted by molar-refractivity contribution is 14.1. The maximum atomic E-state index is 10.7. The van der Waals surface area contributed by atoms with Crippen LogP contribution in [0.25, 0.3) is 0 Å². The number of nitrogens with one attached hydrogen (secondary N) is 1. The fraction of sp³-hybridized carbons (Fsp3) is 0.800. The summed E-state index contributed by atoms with van der Waals surface area (Å²) in [5, 5.41) is 2.79. The van der Waals surface area contributed by atoms with Crippen LogP contribution in [0, 0.1) is 0 Å². The lowest BCUT2D eigenvalue weighted by molar-refractivity contribution is -0.120. The Morgan fingerprint density at radius 2 is 2.33 bits per heavy atom. The van der Waals surface area contributed by atoms with Crippen molar-refractivity contribution in [3.8, 4) is 0 Å². The standard InChI is InChI=1S/C5H9IN2O/c6-8-3-1-5(9)7-2-4-8/h1-4H2,(H,7,9). The van der Waals surface area contributed by atoms with Crippen LogP contribution in [0.2, 0.25) is 0 Å². The summed E-state index contributed by atoms with van der Waals surface area (Å²) < 4.78 is 2.12. The number of rotatable bonds is 0. The van der Waals surface area contributed by atoms with Crippen LogP contribution in [0.4, 0.5) is 0 Å². The van der Waals surface area contributed by atoms with E-state index >= 15 is 0 Å². The molecule has 0 aromatic carbocycles. The van der Waals surface area contributed by atoms with Crippen LogP contribution in [0.5, 0.6) is 0 Å². The van der Waals surface area contributed by atoms with Gasteiger partial charge >= 0.3 is 0 Å². The summed E-state index contributed by atoms with van der Waals surface area (Å²) in [6.07, 6.45) is 0.642. The molecule has 0 unspecified atom stereocenters. The Bertz CT molecular complexity index is 118. The minimum atomic E-state index is 0.175. The van der Waals surface area contributed by atoms with Gasteiger partial charge in [-0.3, -0.25) is 4.79 Å². The lowest BCUT2D eigenvalue weighted by Crippen LogP contribution is -2.24. The van der Waals surface area contributed by atoms with Crippen LogP contribution in [0.1, 0.15) is 6.42 Å². The molecular weight excluding hydrogens is 231 g/mol. The summed E-state index contributed by atoms with van der Waals surface area (Å²) in [4.78, 5) is 10.7. The molecule has 0 spiro atoms. The second-order valence-electron chi connectivity index (χ2n) is 2.01. The molecule has 9 heavy (non-hydrogen) atoms. The van der Waals surface area contributed by atoms with Crippen LogP contribution in [0.3, 0.4) is 0 Å². The number of hydrogen-bond acceptors (Lipinski definition) is 2. The van der Waals surface area contributed by atoms with Crippen molar-refractivity contribution in [2.45, 2.75) is 6.42 Å². The third-order valence-electron chi connectivity index (χ3n) is 1.26. The number of hydrogen-bond donors (Lipinski definition) is 1. The lowest BCUT2D eigenvalue weighted by Gasteiger charge is -2.06. The Hall–Kier alpha value is 0.160. The van der Waals surface area contributed by atoms with Gasteiger partial charge in [-0.2, -0.15) is 0 Å². The number of amides is 1. The average Bonchev–Trinajstić information content (AvgIpc) is 1.97. The van der Waals surface area contributed by atoms with Gasteiger partial charge in [-0.25, -0.2) is 3.11 Å². The zero-order valence-electron chi connectivity index (χ0n) is 5.06. The van der Waals surface area contributed by atoms with Crippen molar-refractivity contribution >= 4 is 28.8 Å². The zero-order chi connectivity index (χ0) is 6.69. The molecule has 0 aliphatic carbocycles. The van der Waals surface area contributed by atoms with E-state index in [2.05, 4.69) is 31.3 Å². The van der Waals surface area contributed by atoms with Crippen LogP contribution in [-0.4, -0.2) is 28.7 Å². The molecule has 1 amide bonds. The van der Waals surface area contributed by atoms with Crippen molar-refractivity contribution in [2.24, 2.45) is 0 Å². The van der Waals surface area contributed by atoms with E-state index in [0.717, 1.165) is 19.6 Å². The summed E-state index contributed by atoms with van der Waals surface area (Å²) in [5.74, 6) is 0.175. The van der Waals surface area contributed by atoms with E-state index in [4.69, 9.17) is 0 Å². The highest BCUT2D eigenvalue weighted by Crippen LogP contribution is 2.01. The molecule has 1 aliphatic heterocycles. The summed E-state index contributed by atoms with van der Waals surface area (Å²) in [7, 11) is 0. The van der Waals surface area contributed by atoms with Gasteiger partial charge < -0.3 is 5.32 Å². The van der Waals surface area contributed by atoms with Gasteiger partial charge in [-0.1, -0.05) is 0 Å². The van der Waals surface area contributed by atoms with E-state index in [-0.39, 0.29) is 5.91 Å². The van der Waals surface area contributed by atoms with Gasteiger partial charge in [0.05, 0.1) is 0 Å². The molecule has 0 saturated carbocycles. The van der Waals surface area contributed by atoms with Crippen molar-refractivity contribution < 1.29 is 4.79 Å². The summed E-state index contributed by atoms with van der Waals surface area (Å²) in [6.45, 7) is 2.64. The molecule has 1 fully saturated rings. The first-order valence-electron chi connectivity index (χ1n) is 2.96. The molecule has 3 nitrogen and oxygen atoms in total. The lowest BCUT2D eigenvalue weighted by atomic mass is 10.4. The van der Waals surface area contributed by atoms with Crippen molar-refractivity contribution in [3.05, 3.63) is 0 Å². The predicted octanol–water partition coefficient (Wildman–Crippen LogP) is 0.158. The SMILES string of the molecule is O=C1CCN(I)CCN1. The first kappa shape index (κ1) is 7.27. The summed E-state index contributed by atoms with van der Waals surface area (Å²) in [5.41, 5.74) is 0. The summed E-state index contributed by atoms with van der Waals surface area (Å²) in [6, 6.07) is 0. The van der Waals surface area contributed by atoms with Gasteiger partial charge in [-0.15, -0.1) is 0 Å². The molecule has 52 valence electrons. The average molecular weight is 240 g/mol. The Kier molecular flexibility index (Phi) is 2.71. The first-order chi connectivity index (χ1) is 4.29. The number of halogens is 1. The maximum absolute atomic E-state index is 10.7. The van der Waals surface area contributed by atoms with Gasteiger partial charge in [0.25, 0.3) is 0 Å². The van der Waals surface area contributed by atoms with E-state index in [9.17, 15) is 4.79 Å². The van der Waals surface area contributed by atoms with E-state index in [1.165, 1.54) is 0 Å². The second kappa shape index (κ2) is 3.36. The number of nitrogens with zero attached hydrogens (tertiary/aromatic N) is 1. The van der Waals surface area contributed by atoms with Crippen LogP contribution < -0.4 is 5.32 Å². The third kappa shape index (κ3) is 2.49. The largest absolute Gasteiger partial charge is 0.355 e. The Balaban J connectivity index is 2.34. The second-order valence-corrected chi connectivity index (χ2v) is 3.37. The Morgan fingerprint density at radius 3 is 3.11 bits per heavy atom. The molecule has 4 heteroatoms. The Labute approximate surface area is 68.3 Å². The molecule has 1 N–H and O–H groups in total. The van der Waals surface area contributed by atoms with Gasteiger partial charge in [0.2, 0.25) is 5.91 Å². The summed E-state index contributed by atoms with van der Waals surface area (Å²) >= 11 is 2.23. The van der Waals surface area contributed by atoms with Crippen molar-refractivity contribution in [1.29, 1.82) is 0 Å². The first-order valence-corrected chi connectivity index (χ1v) is 3.93. The molecule has 1 heterocycles. The fourth-order valence-electron chi connectivity index (χ4n) is 0.740. The Morgan fingerprint density at radius 1 is 1.56 bits per heavy atom. The molecule has 1 saturated heterocycles. The third-order valence-corrected chi connectivity index (χ3v) is 2.22. The van der Waals surface area contributed by atoms with Gasteiger partial charge in [-0.05, 0) is 0 Å². The number of carbonyl (C=O) groups is 1. The minimum Gasteiger partial charge on any atom is -0.355 e. The molecule has 1 aliphatic rings. The van der Waals surface area contributed by atoms with Crippen LogP contribution >= 0.6 is 22.9 Å². The molecule has 1 rings (SSSR count). The maximum Gasteiger partial charge on any atom is 0.221 e. The van der Waals surface area contributed by atoms with Crippen molar-refractivity contribution in [3.63, 3.8) is 0 Å². The molecule has 0 atom stereocenters. The van der Waals surface area contributed by atoms with E-state index in [0.29, 0.717) is 6.42 Å². The molecule has 0 aromatic heterocycles. The van der Waals surface area contributed by atoms with Crippen molar-refractivity contribution in [1.82, 2.24) is 8.43 Å². The van der Waals surface area contributed by atoms with Crippen LogP contribution in [-0.2, 0) is 4.79 Å². The highest BCUT2D eigenvalue weighted by Gasteiger charge is 2.09.